The van der Waals surface area contributed by atoms with Gasteiger partial charge in [0, 0.05) is 26.3 Å². The maximum atomic E-state index is 6.44. The third-order valence-corrected chi connectivity index (χ3v) is 18.4. The van der Waals surface area contributed by atoms with Crippen LogP contribution in [0.5, 0.6) is 0 Å². The lowest BCUT2D eigenvalue weighted by Gasteiger charge is -2.42. The summed E-state index contributed by atoms with van der Waals surface area (Å²) in [5, 5.41) is 0. The predicted molar refractivity (Wildman–Crippen MR) is 93.8 cm³/mol. The molecule has 130 valence electrons. The minimum atomic E-state index is -2.81. The zero-order valence-corrected chi connectivity index (χ0v) is 18.1. The molecular formula is C11H30N2O5Si4. The summed E-state index contributed by atoms with van der Waals surface area (Å²) in [5.74, 6) is 0. The van der Waals surface area contributed by atoms with Crippen molar-refractivity contribution in [1.82, 2.24) is 0 Å². The van der Waals surface area contributed by atoms with Crippen molar-refractivity contribution in [2.75, 3.05) is 27.3 Å². The van der Waals surface area contributed by atoms with Crippen LogP contribution in [-0.2, 0) is 21.2 Å². The molecule has 1 rings (SSSR count). The molecule has 0 saturated carbocycles. The van der Waals surface area contributed by atoms with E-state index in [1.807, 2.05) is 0 Å². The topological polar surface area (TPSA) is 98.2 Å². The van der Waals surface area contributed by atoms with Crippen molar-refractivity contribution in [3.05, 3.63) is 0 Å². The van der Waals surface area contributed by atoms with Crippen LogP contribution in [-0.4, -0.2) is 63.0 Å². The smallest absolute Gasteiger partial charge is 0.416 e. The Kier molecular flexibility index (Phi) is 9.17. The summed E-state index contributed by atoms with van der Waals surface area (Å²) < 4.78 is 30.7. The standard InChI is InChI=1S/C11H30N2O5Si4/c1-14-21(9-5-7-12)16-19(3)11-20(4)17-22(15-2,18-21)10-6-8-13/h5-13H2,1-4H3. The Hall–Kier alpha value is 0.588. The van der Waals surface area contributed by atoms with Crippen molar-refractivity contribution in [3.63, 3.8) is 0 Å². The fourth-order valence-corrected chi connectivity index (χ4v) is 19.0. The molecule has 0 spiro atoms. The highest BCUT2D eigenvalue weighted by Gasteiger charge is 2.55. The molecule has 0 aromatic carbocycles. The van der Waals surface area contributed by atoms with Crippen LogP contribution in [0.4, 0.5) is 0 Å². The van der Waals surface area contributed by atoms with E-state index in [4.69, 9.17) is 32.7 Å². The normalized spacial score (nSPS) is 31.9. The first-order valence-electron chi connectivity index (χ1n) is 7.68. The van der Waals surface area contributed by atoms with Crippen molar-refractivity contribution in [2.45, 2.75) is 43.7 Å². The fraction of sp³-hybridized carbons (Fsp3) is 1.00. The molecule has 2 radical (unpaired) electrons. The van der Waals surface area contributed by atoms with Gasteiger partial charge < -0.3 is 32.7 Å². The van der Waals surface area contributed by atoms with E-state index in [9.17, 15) is 0 Å². The van der Waals surface area contributed by atoms with Crippen LogP contribution in [0.3, 0.4) is 0 Å². The van der Waals surface area contributed by atoms with Gasteiger partial charge in [0.1, 0.15) is 0 Å². The molecule has 7 nitrogen and oxygen atoms in total. The van der Waals surface area contributed by atoms with E-state index in [1.165, 1.54) is 0 Å². The largest absolute Gasteiger partial charge is 0.482 e. The molecular weight excluding hydrogens is 352 g/mol. The minimum Gasteiger partial charge on any atom is -0.416 e. The summed E-state index contributed by atoms with van der Waals surface area (Å²) in [6.07, 6.45) is 1.62. The van der Waals surface area contributed by atoms with Crippen molar-refractivity contribution in [2.24, 2.45) is 11.5 Å². The summed E-state index contributed by atoms with van der Waals surface area (Å²) in [6.45, 7) is 5.47. The van der Waals surface area contributed by atoms with Crippen LogP contribution < -0.4 is 11.5 Å². The molecule has 1 saturated heterocycles. The molecule has 0 aliphatic carbocycles. The van der Waals surface area contributed by atoms with Crippen LogP contribution in [0.25, 0.3) is 0 Å². The van der Waals surface area contributed by atoms with Crippen molar-refractivity contribution in [3.8, 4) is 0 Å². The monoisotopic (exact) mass is 382 g/mol. The molecule has 2 unspecified atom stereocenters. The third-order valence-electron chi connectivity index (χ3n) is 3.46. The Morgan fingerprint density at radius 3 is 1.64 bits per heavy atom. The second-order valence-electron chi connectivity index (χ2n) is 5.45. The van der Waals surface area contributed by atoms with Crippen molar-refractivity contribution in [1.29, 1.82) is 0 Å². The van der Waals surface area contributed by atoms with Crippen LogP contribution in [0.2, 0.25) is 30.8 Å². The Morgan fingerprint density at radius 2 is 1.32 bits per heavy atom. The Morgan fingerprint density at radius 1 is 0.909 bits per heavy atom. The quantitative estimate of drug-likeness (QED) is 0.596. The molecule has 0 amide bonds. The van der Waals surface area contributed by atoms with E-state index in [0.717, 1.165) is 18.5 Å². The SMILES string of the molecule is CO[Si]1(CCCN)O[Si](C)C[Si](C)O[Si](CCCN)(OC)O1. The Balaban J connectivity index is 3.02. The molecule has 4 N–H and O–H groups in total. The second kappa shape index (κ2) is 9.78. The van der Waals surface area contributed by atoms with Gasteiger partial charge in [-0.3, -0.25) is 0 Å². The molecule has 11 heteroatoms. The van der Waals surface area contributed by atoms with E-state index in [2.05, 4.69) is 13.1 Å². The fourth-order valence-electron chi connectivity index (χ4n) is 2.44. The molecule has 0 aromatic rings. The van der Waals surface area contributed by atoms with Gasteiger partial charge in [0.2, 0.25) is 0 Å². The van der Waals surface area contributed by atoms with Gasteiger partial charge in [-0.1, -0.05) is 0 Å². The van der Waals surface area contributed by atoms with Gasteiger partial charge in [0.05, 0.1) is 0 Å². The lowest BCUT2D eigenvalue weighted by atomic mass is 10.5. The van der Waals surface area contributed by atoms with Crippen molar-refractivity contribution >= 4 is 35.7 Å². The summed E-state index contributed by atoms with van der Waals surface area (Å²) in [4.78, 5) is 0. The highest BCUT2D eigenvalue weighted by atomic mass is 28.5. The average molecular weight is 383 g/mol. The van der Waals surface area contributed by atoms with Crippen LogP contribution in [0.15, 0.2) is 0 Å². The first kappa shape index (κ1) is 20.6. The molecule has 0 bridgehead atoms. The van der Waals surface area contributed by atoms with Crippen LogP contribution in [0, 0.1) is 0 Å². The Labute approximate surface area is 139 Å². The highest BCUT2D eigenvalue weighted by Crippen LogP contribution is 2.31. The molecule has 2 atom stereocenters. The van der Waals surface area contributed by atoms with Gasteiger partial charge in [-0.25, -0.2) is 0 Å². The van der Waals surface area contributed by atoms with E-state index in [0.29, 0.717) is 25.2 Å². The molecule has 1 fully saturated rings. The highest BCUT2D eigenvalue weighted by molar-refractivity contribution is 6.86. The van der Waals surface area contributed by atoms with Gasteiger partial charge in [-0.2, -0.15) is 0 Å². The van der Waals surface area contributed by atoms with Gasteiger partial charge in [-0.15, -0.1) is 0 Å². The van der Waals surface area contributed by atoms with Gasteiger partial charge in [0.15, 0.2) is 18.1 Å². The Bertz CT molecular complexity index is 305. The molecule has 1 heterocycles. The summed E-state index contributed by atoms with van der Waals surface area (Å²) >= 11 is 0. The third kappa shape index (κ3) is 5.90. The first-order chi connectivity index (χ1) is 10.4. The summed E-state index contributed by atoms with van der Waals surface area (Å²) in [5.41, 5.74) is 12.3. The average Bonchev–Trinajstić information content (AvgIpc) is 2.48. The van der Waals surface area contributed by atoms with Gasteiger partial charge >= 0.3 is 17.6 Å². The van der Waals surface area contributed by atoms with Gasteiger partial charge in [-0.05, 0) is 44.7 Å². The van der Waals surface area contributed by atoms with E-state index < -0.39 is 35.7 Å². The zero-order chi connectivity index (χ0) is 16.6. The maximum Gasteiger partial charge on any atom is 0.482 e. The minimum absolute atomic E-state index is 0.588. The van der Waals surface area contributed by atoms with Gasteiger partial charge in [0.25, 0.3) is 0 Å². The molecule has 22 heavy (non-hydrogen) atoms. The molecule has 1 aliphatic rings. The van der Waals surface area contributed by atoms with E-state index >= 15 is 0 Å². The van der Waals surface area contributed by atoms with Crippen LogP contribution in [0.1, 0.15) is 12.8 Å². The first-order valence-corrected chi connectivity index (χ1v) is 15.8. The maximum absolute atomic E-state index is 6.44. The van der Waals surface area contributed by atoms with E-state index in [-0.39, 0.29) is 0 Å². The second-order valence-corrected chi connectivity index (χ2v) is 16.7. The summed E-state index contributed by atoms with van der Waals surface area (Å²) in [6, 6.07) is 1.41. The van der Waals surface area contributed by atoms with Crippen LogP contribution >= 0.6 is 0 Å². The molecule has 1 aliphatic heterocycles. The predicted octanol–water partition coefficient (Wildman–Crippen LogP) is 0.700. The number of hydrogen-bond acceptors (Lipinski definition) is 7. The lowest BCUT2D eigenvalue weighted by molar-refractivity contribution is 0.124. The van der Waals surface area contributed by atoms with E-state index in [1.54, 1.807) is 14.2 Å². The number of rotatable bonds is 8. The van der Waals surface area contributed by atoms with Crippen molar-refractivity contribution < 1.29 is 21.2 Å². The summed E-state index contributed by atoms with van der Waals surface area (Å²) in [7, 11) is -4.28. The molecule has 0 aromatic heterocycles. The lowest BCUT2D eigenvalue weighted by Crippen LogP contribution is -2.63. The number of nitrogens with two attached hydrogens (primary N) is 2. The zero-order valence-electron chi connectivity index (χ0n) is 14.1. The number of hydrogen-bond donors (Lipinski definition) is 2.